The third-order valence-corrected chi connectivity index (χ3v) is 6.03. The molecule has 1 aromatic heterocycles. The molecule has 1 heterocycles. The second-order valence-corrected chi connectivity index (χ2v) is 8.22. The monoisotopic (exact) mass is 439 g/mol. The lowest BCUT2D eigenvalue weighted by Gasteiger charge is -2.25. The predicted molar refractivity (Wildman–Crippen MR) is 140 cm³/mol. The van der Waals surface area contributed by atoms with Crippen LogP contribution in [-0.2, 0) is 0 Å². The lowest BCUT2D eigenvalue weighted by atomic mass is 10.1. The minimum atomic E-state index is -0.0405. The van der Waals surface area contributed by atoms with Gasteiger partial charge in [0.1, 0.15) is 11.3 Å². The quantitative estimate of drug-likeness (QED) is 0.260. The Bertz CT molecular complexity index is 1610. The summed E-state index contributed by atoms with van der Waals surface area (Å²) in [4.78, 5) is 15.1. The van der Waals surface area contributed by atoms with Crippen LogP contribution in [0.25, 0.3) is 33.1 Å². The van der Waals surface area contributed by atoms with Gasteiger partial charge in [-0.15, -0.1) is 0 Å². The summed E-state index contributed by atoms with van der Waals surface area (Å²) in [6.45, 7) is 0. The Kier molecular flexibility index (Phi) is 4.93. The van der Waals surface area contributed by atoms with Gasteiger partial charge in [0.15, 0.2) is 5.43 Å². The maximum Gasteiger partial charge on any atom is 0.193 e. The van der Waals surface area contributed by atoms with Gasteiger partial charge in [-0.2, -0.15) is 0 Å². The van der Waals surface area contributed by atoms with Crippen molar-refractivity contribution in [1.29, 1.82) is 0 Å². The van der Waals surface area contributed by atoms with Gasteiger partial charge in [0, 0.05) is 28.7 Å². The Hall–Kier alpha value is -4.63. The number of benzene rings is 5. The van der Waals surface area contributed by atoms with Gasteiger partial charge in [0.05, 0.1) is 5.39 Å². The van der Waals surface area contributed by atoms with E-state index in [1.54, 1.807) is 6.07 Å². The van der Waals surface area contributed by atoms with Crippen molar-refractivity contribution in [2.75, 3.05) is 4.90 Å². The van der Waals surface area contributed by atoms with Crippen LogP contribution in [0.15, 0.2) is 137 Å². The number of anilines is 3. The van der Waals surface area contributed by atoms with E-state index in [9.17, 15) is 4.79 Å². The summed E-state index contributed by atoms with van der Waals surface area (Å²) in [6.07, 6.45) is 0. The van der Waals surface area contributed by atoms with E-state index < -0.39 is 0 Å². The highest BCUT2D eigenvalue weighted by atomic mass is 16.3. The van der Waals surface area contributed by atoms with Crippen LogP contribution in [-0.4, -0.2) is 0 Å². The molecule has 0 aliphatic heterocycles. The Balaban J connectivity index is 1.43. The van der Waals surface area contributed by atoms with Crippen molar-refractivity contribution in [2.24, 2.45) is 0 Å². The first kappa shape index (κ1) is 20.0. The summed E-state index contributed by atoms with van der Waals surface area (Å²) in [5.41, 5.74) is 4.59. The molecule has 6 rings (SSSR count). The molecule has 0 radical (unpaired) electrons. The molecule has 6 aromatic rings. The molecule has 0 amide bonds. The van der Waals surface area contributed by atoms with Crippen molar-refractivity contribution in [3.63, 3.8) is 0 Å². The van der Waals surface area contributed by atoms with Crippen LogP contribution in [0.5, 0.6) is 0 Å². The van der Waals surface area contributed by atoms with Gasteiger partial charge in [0.2, 0.25) is 0 Å². The average Bonchev–Trinajstić information content (AvgIpc) is 2.89. The first-order chi connectivity index (χ1) is 16.8. The summed E-state index contributed by atoms with van der Waals surface area (Å²) < 4.78 is 6.19. The largest absolute Gasteiger partial charge is 0.456 e. The normalized spacial score (nSPS) is 11.1. The Labute approximate surface area is 197 Å². The molecule has 0 spiro atoms. The molecule has 0 saturated carbocycles. The molecule has 0 aliphatic carbocycles. The number of hydrogen-bond donors (Lipinski definition) is 0. The third kappa shape index (κ3) is 3.63. The summed E-state index contributed by atoms with van der Waals surface area (Å²) in [7, 11) is 0. The number of fused-ring (bicyclic) bond motifs is 2. The van der Waals surface area contributed by atoms with Crippen LogP contribution < -0.4 is 10.3 Å². The molecule has 0 aliphatic rings. The van der Waals surface area contributed by atoms with Crippen LogP contribution in [0.4, 0.5) is 17.1 Å². The highest BCUT2D eigenvalue weighted by Crippen LogP contribution is 2.35. The fourth-order valence-corrected chi connectivity index (χ4v) is 4.36. The minimum Gasteiger partial charge on any atom is -0.456 e. The van der Waals surface area contributed by atoms with Gasteiger partial charge in [-0.3, -0.25) is 4.79 Å². The highest BCUT2D eigenvalue weighted by Gasteiger charge is 2.13. The first-order valence-electron chi connectivity index (χ1n) is 11.2. The second-order valence-electron chi connectivity index (χ2n) is 8.22. The summed E-state index contributed by atoms with van der Waals surface area (Å²) >= 11 is 0. The van der Waals surface area contributed by atoms with Crippen molar-refractivity contribution in [3.05, 3.63) is 138 Å². The van der Waals surface area contributed by atoms with E-state index >= 15 is 0 Å². The maximum absolute atomic E-state index is 12.9. The molecule has 34 heavy (non-hydrogen) atoms. The van der Waals surface area contributed by atoms with Crippen molar-refractivity contribution >= 4 is 38.8 Å². The fraction of sp³-hybridized carbons (Fsp3) is 0. The summed E-state index contributed by atoms with van der Waals surface area (Å²) in [6, 6.07) is 42.1. The molecule has 162 valence electrons. The number of rotatable bonds is 4. The predicted octanol–water partition coefficient (Wildman–Crippen LogP) is 8.08. The zero-order valence-corrected chi connectivity index (χ0v) is 18.4. The summed E-state index contributed by atoms with van der Waals surface area (Å²) in [5, 5.41) is 2.67. The fourth-order valence-electron chi connectivity index (χ4n) is 4.36. The van der Waals surface area contributed by atoms with Gasteiger partial charge >= 0.3 is 0 Å². The first-order valence-corrected chi connectivity index (χ1v) is 11.2. The molecule has 0 saturated heterocycles. The Morgan fingerprint density at radius 3 is 1.68 bits per heavy atom. The van der Waals surface area contributed by atoms with E-state index in [0.29, 0.717) is 16.7 Å². The van der Waals surface area contributed by atoms with Gasteiger partial charge in [-0.25, -0.2) is 0 Å². The van der Waals surface area contributed by atoms with Gasteiger partial charge < -0.3 is 9.32 Å². The van der Waals surface area contributed by atoms with Crippen LogP contribution in [0, 0.1) is 0 Å². The third-order valence-electron chi connectivity index (χ3n) is 6.03. The second kappa shape index (κ2) is 8.38. The molecular weight excluding hydrogens is 418 g/mol. The van der Waals surface area contributed by atoms with Crippen LogP contribution in [0.2, 0.25) is 0 Å². The van der Waals surface area contributed by atoms with Crippen molar-refractivity contribution in [1.82, 2.24) is 0 Å². The molecule has 0 atom stereocenters. The molecule has 0 N–H and O–H groups in total. The van der Waals surface area contributed by atoms with Gasteiger partial charge in [-0.1, -0.05) is 60.7 Å². The number of para-hydroxylation sites is 2. The van der Waals surface area contributed by atoms with E-state index in [2.05, 4.69) is 41.3 Å². The molecule has 3 heteroatoms. The number of hydrogen-bond acceptors (Lipinski definition) is 3. The molecule has 3 nitrogen and oxygen atoms in total. The van der Waals surface area contributed by atoms with Crippen molar-refractivity contribution in [3.8, 4) is 11.3 Å². The molecular formula is C31H21NO2. The van der Waals surface area contributed by atoms with E-state index in [0.717, 1.165) is 33.4 Å². The van der Waals surface area contributed by atoms with E-state index in [1.165, 1.54) is 0 Å². The maximum atomic E-state index is 12.9. The zero-order valence-electron chi connectivity index (χ0n) is 18.4. The molecule has 0 fully saturated rings. The van der Waals surface area contributed by atoms with E-state index in [1.807, 2.05) is 84.9 Å². The van der Waals surface area contributed by atoms with Crippen LogP contribution >= 0.6 is 0 Å². The van der Waals surface area contributed by atoms with Crippen LogP contribution in [0.3, 0.4) is 0 Å². The molecule has 0 bridgehead atoms. The van der Waals surface area contributed by atoms with E-state index in [-0.39, 0.29) is 5.43 Å². The topological polar surface area (TPSA) is 33.5 Å². The number of nitrogens with zero attached hydrogens (tertiary/aromatic N) is 1. The molecule has 0 unspecified atom stereocenters. The molecule has 5 aromatic carbocycles. The van der Waals surface area contributed by atoms with Crippen molar-refractivity contribution < 1.29 is 4.42 Å². The lowest BCUT2D eigenvalue weighted by molar-refractivity contribution is 0.619. The minimum absolute atomic E-state index is 0.0405. The standard InChI is InChI=1S/C31H21NO2/c33-29-21-30(34-31-20-24-10-8-7-9-23(24)19-28(29)31)22-15-17-27(18-16-22)32(25-11-3-1-4-12-25)26-13-5-2-6-14-26/h1-21H. The average molecular weight is 440 g/mol. The zero-order chi connectivity index (χ0) is 22.9. The summed E-state index contributed by atoms with van der Waals surface area (Å²) in [5.74, 6) is 0.560. The SMILES string of the molecule is O=c1cc(-c2ccc(N(c3ccccc3)c3ccccc3)cc2)oc2cc3ccccc3cc12. The Morgan fingerprint density at radius 1 is 0.529 bits per heavy atom. The van der Waals surface area contributed by atoms with Crippen molar-refractivity contribution in [2.45, 2.75) is 0 Å². The lowest BCUT2D eigenvalue weighted by Crippen LogP contribution is -2.09. The smallest absolute Gasteiger partial charge is 0.193 e. The highest BCUT2D eigenvalue weighted by molar-refractivity contribution is 5.96. The Morgan fingerprint density at radius 2 is 1.06 bits per heavy atom. The van der Waals surface area contributed by atoms with Gasteiger partial charge in [0.25, 0.3) is 0 Å². The van der Waals surface area contributed by atoms with Crippen LogP contribution in [0.1, 0.15) is 0 Å². The van der Waals surface area contributed by atoms with Gasteiger partial charge in [-0.05, 0) is 71.4 Å². The van der Waals surface area contributed by atoms with E-state index in [4.69, 9.17) is 4.42 Å².